The van der Waals surface area contributed by atoms with Crippen molar-refractivity contribution < 1.29 is 19.1 Å². The first kappa shape index (κ1) is 16.0. The van der Waals surface area contributed by atoms with Gasteiger partial charge >= 0.3 is 6.09 Å². The van der Waals surface area contributed by atoms with Gasteiger partial charge in [-0.2, -0.15) is 0 Å². The van der Waals surface area contributed by atoms with Gasteiger partial charge < -0.3 is 19.6 Å². The largest absolute Gasteiger partial charge is 0.497 e. The Labute approximate surface area is 119 Å². The van der Waals surface area contributed by atoms with E-state index in [1.807, 2.05) is 6.07 Å². The van der Waals surface area contributed by atoms with Crippen LogP contribution in [0.2, 0.25) is 0 Å². The molecule has 0 fully saturated rings. The Bertz CT molecular complexity index is 465. The fourth-order valence-electron chi connectivity index (χ4n) is 1.62. The van der Waals surface area contributed by atoms with E-state index in [2.05, 4.69) is 5.32 Å². The van der Waals surface area contributed by atoms with Crippen LogP contribution in [0.15, 0.2) is 24.3 Å². The summed E-state index contributed by atoms with van der Waals surface area (Å²) in [5.41, 5.74) is 0.229. The van der Waals surface area contributed by atoms with E-state index in [0.29, 0.717) is 5.75 Å². The lowest BCUT2D eigenvalue weighted by Crippen LogP contribution is -2.35. The van der Waals surface area contributed by atoms with Gasteiger partial charge in [0.2, 0.25) is 0 Å². The highest BCUT2D eigenvalue weighted by molar-refractivity contribution is 5.70. The number of rotatable bonds is 5. The summed E-state index contributed by atoms with van der Waals surface area (Å²) in [4.78, 5) is 22.7. The standard InChI is InChI=1S/C15H21NO4/c1-15(2,3)20-14(18)16-9-12(10-17)11-6-5-7-13(8-11)19-4/h5-8,10,12H,9H2,1-4H3,(H,16,18). The highest BCUT2D eigenvalue weighted by Gasteiger charge is 2.18. The van der Waals surface area contributed by atoms with Crippen molar-refractivity contribution in [2.45, 2.75) is 32.3 Å². The number of hydrogen-bond acceptors (Lipinski definition) is 4. The minimum absolute atomic E-state index is 0.186. The molecule has 1 atom stereocenters. The molecule has 20 heavy (non-hydrogen) atoms. The van der Waals surface area contributed by atoms with E-state index in [1.165, 1.54) is 0 Å². The second kappa shape index (κ2) is 6.93. The molecule has 0 heterocycles. The second-order valence-electron chi connectivity index (χ2n) is 5.40. The van der Waals surface area contributed by atoms with E-state index in [0.717, 1.165) is 11.8 Å². The topological polar surface area (TPSA) is 64.6 Å². The number of amides is 1. The van der Waals surface area contributed by atoms with Gasteiger partial charge in [0.1, 0.15) is 17.6 Å². The van der Waals surface area contributed by atoms with E-state index >= 15 is 0 Å². The number of aldehydes is 1. The van der Waals surface area contributed by atoms with Gasteiger partial charge in [0.25, 0.3) is 0 Å². The second-order valence-corrected chi connectivity index (χ2v) is 5.40. The van der Waals surface area contributed by atoms with Crippen molar-refractivity contribution in [2.75, 3.05) is 13.7 Å². The SMILES string of the molecule is COc1cccc(C(C=O)CNC(=O)OC(C)(C)C)c1. The smallest absolute Gasteiger partial charge is 0.407 e. The fourth-order valence-corrected chi connectivity index (χ4v) is 1.62. The van der Waals surface area contributed by atoms with Crippen LogP contribution in [0.5, 0.6) is 5.75 Å². The highest BCUT2D eigenvalue weighted by atomic mass is 16.6. The number of alkyl carbamates (subject to hydrolysis) is 1. The molecule has 0 bridgehead atoms. The molecule has 0 saturated heterocycles. The molecule has 5 heteroatoms. The number of nitrogens with one attached hydrogen (secondary N) is 1. The maximum absolute atomic E-state index is 11.6. The third kappa shape index (κ3) is 5.30. The Morgan fingerprint density at radius 3 is 2.65 bits per heavy atom. The van der Waals surface area contributed by atoms with Crippen LogP contribution in [-0.4, -0.2) is 31.6 Å². The van der Waals surface area contributed by atoms with Crippen LogP contribution in [-0.2, 0) is 9.53 Å². The molecule has 0 aliphatic carbocycles. The first-order valence-corrected chi connectivity index (χ1v) is 6.42. The minimum Gasteiger partial charge on any atom is -0.497 e. The van der Waals surface area contributed by atoms with Gasteiger partial charge in [-0.25, -0.2) is 4.79 Å². The molecule has 110 valence electrons. The molecule has 1 N–H and O–H groups in total. The molecular formula is C15H21NO4. The van der Waals surface area contributed by atoms with E-state index in [-0.39, 0.29) is 6.54 Å². The average molecular weight is 279 g/mol. The third-order valence-electron chi connectivity index (χ3n) is 2.55. The van der Waals surface area contributed by atoms with Gasteiger partial charge in [0.15, 0.2) is 0 Å². The van der Waals surface area contributed by atoms with Crippen molar-refractivity contribution in [1.82, 2.24) is 5.32 Å². The number of methoxy groups -OCH3 is 1. The number of benzene rings is 1. The summed E-state index contributed by atoms with van der Waals surface area (Å²) < 4.78 is 10.2. The lowest BCUT2D eigenvalue weighted by molar-refractivity contribution is -0.109. The van der Waals surface area contributed by atoms with E-state index < -0.39 is 17.6 Å². The minimum atomic E-state index is -0.559. The molecule has 0 aliphatic heterocycles. The molecule has 1 rings (SSSR count). The van der Waals surface area contributed by atoms with Crippen molar-refractivity contribution in [3.8, 4) is 5.75 Å². The maximum Gasteiger partial charge on any atom is 0.407 e. The molecule has 5 nitrogen and oxygen atoms in total. The predicted octanol–water partition coefficient (Wildman–Crippen LogP) is 2.50. The van der Waals surface area contributed by atoms with Crippen molar-refractivity contribution in [1.29, 1.82) is 0 Å². The van der Waals surface area contributed by atoms with E-state index in [4.69, 9.17) is 9.47 Å². The number of carbonyl (C=O) groups excluding carboxylic acids is 2. The van der Waals surface area contributed by atoms with Crippen LogP contribution in [0.1, 0.15) is 32.3 Å². The predicted molar refractivity (Wildman–Crippen MR) is 76.0 cm³/mol. The Hall–Kier alpha value is -2.04. The van der Waals surface area contributed by atoms with Gasteiger partial charge in [0, 0.05) is 6.54 Å². The molecule has 1 amide bonds. The maximum atomic E-state index is 11.6. The third-order valence-corrected chi connectivity index (χ3v) is 2.55. The highest BCUT2D eigenvalue weighted by Crippen LogP contribution is 2.19. The summed E-state index contributed by atoms with van der Waals surface area (Å²) in [6.45, 7) is 5.54. The molecule has 0 radical (unpaired) electrons. The first-order chi connectivity index (χ1) is 9.35. The zero-order valence-electron chi connectivity index (χ0n) is 12.3. The Morgan fingerprint density at radius 1 is 1.40 bits per heavy atom. The van der Waals surface area contributed by atoms with Gasteiger partial charge in [0.05, 0.1) is 13.0 Å². The monoisotopic (exact) mass is 279 g/mol. The van der Waals surface area contributed by atoms with Crippen LogP contribution in [0.4, 0.5) is 4.79 Å². The van der Waals surface area contributed by atoms with E-state index in [1.54, 1.807) is 46.1 Å². The average Bonchev–Trinajstić information content (AvgIpc) is 2.37. The van der Waals surface area contributed by atoms with Gasteiger partial charge in [-0.1, -0.05) is 12.1 Å². The van der Waals surface area contributed by atoms with Crippen molar-refractivity contribution >= 4 is 12.4 Å². The summed E-state index contributed by atoms with van der Waals surface area (Å²) >= 11 is 0. The van der Waals surface area contributed by atoms with Crippen molar-refractivity contribution in [3.63, 3.8) is 0 Å². The zero-order chi connectivity index (χ0) is 15.2. The molecule has 0 aliphatic rings. The summed E-state index contributed by atoms with van der Waals surface area (Å²) in [6, 6.07) is 7.19. The van der Waals surface area contributed by atoms with E-state index in [9.17, 15) is 9.59 Å². The van der Waals surface area contributed by atoms with Crippen molar-refractivity contribution in [2.24, 2.45) is 0 Å². The Kier molecular flexibility index (Phi) is 5.55. The van der Waals surface area contributed by atoms with Crippen LogP contribution in [0, 0.1) is 0 Å². The summed E-state index contributed by atoms with van der Waals surface area (Å²) in [5.74, 6) is 0.240. The van der Waals surface area contributed by atoms with Gasteiger partial charge in [-0.05, 0) is 38.5 Å². The first-order valence-electron chi connectivity index (χ1n) is 6.42. The zero-order valence-corrected chi connectivity index (χ0v) is 12.3. The van der Waals surface area contributed by atoms with Crippen LogP contribution >= 0.6 is 0 Å². The Morgan fingerprint density at radius 2 is 2.10 bits per heavy atom. The number of ether oxygens (including phenoxy) is 2. The van der Waals surface area contributed by atoms with Crippen LogP contribution in [0.3, 0.4) is 0 Å². The molecule has 0 aromatic heterocycles. The lowest BCUT2D eigenvalue weighted by atomic mass is 10.0. The fraction of sp³-hybridized carbons (Fsp3) is 0.467. The molecular weight excluding hydrogens is 258 g/mol. The Balaban J connectivity index is 2.63. The van der Waals surface area contributed by atoms with Crippen LogP contribution in [0.25, 0.3) is 0 Å². The molecule has 0 spiro atoms. The summed E-state index contributed by atoms with van der Waals surface area (Å²) in [5, 5.41) is 2.59. The quantitative estimate of drug-likeness (QED) is 0.841. The molecule has 0 saturated carbocycles. The normalized spacial score (nSPS) is 12.4. The van der Waals surface area contributed by atoms with Gasteiger partial charge in [-0.3, -0.25) is 0 Å². The number of carbonyl (C=O) groups is 2. The summed E-state index contributed by atoms with van der Waals surface area (Å²) in [6.07, 6.45) is 0.263. The van der Waals surface area contributed by atoms with Gasteiger partial charge in [-0.15, -0.1) is 0 Å². The number of hydrogen-bond donors (Lipinski definition) is 1. The van der Waals surface area contributed by atoms with Crippen molar-refractivity contribution in [3.05, 3.63) is 29.8 Å². The summed E-state index contributed by atoms with van der Waals surface area (Å²) in [7, 11) is 1.56. The molecule has 1 aromatic carbocycles. The lowest BCUT2D eigenvalue weighted by Gasteiger charge is -2.20. The van der Waals surface area contributed by atoms with Crippen LogP contribution < -0.4 is 10.1 Å². The molecule has 1 unspecified atom stereocenters. The molecule has 1 aromatic rings.